The number of anilines is 1. The van der Waals surface area contributed by atoms with Crippen LogP contribution in [0.15, 0.2) is 42.7 Å². The van der Waals surface area contributed by atoms with Crippen LogP contribution in [0, 0.1) is 0 Å². The fraction of sp³-hybridized carbons (Fsp3) is 0.250. The zero-order valence-electron chi connectivity index (χ0n) is 14.8. The molecule has 3 aromatic rings. The van der Waals surface area contributed by atoms with Gasteiger partial charge in [0.05, 0.1) is 5.69 Å². The molecule has 5 rings (SSSR count). The summed E-state index contributed by atoms with van der Waals surface area (Å²) in [6.07, 6.45) is 3.88. The van der Waals surface area contributed by atoms with Crippen molar-refractivity contribution in [2.75, 3.05) is 18.5 Å². The molecule has 1 N–H and O–H groups in total. The van der Waals surface area contributed by atoms with Crippen LogP contribution in [-0.4, -0.2) is 33.9 Å². The molecule has 7 nitrogen and oxygen atoms in total. The molecule has 0 fully saturated rings. The molecule has 0 saturated heterocycles. The van der Waals surface area contributed by atoms with Crippen molar-refractivity contribution in [3.63, 3.8) is 0 Å². The number of fused-ring (bicyclic) bond motifs is 2. The normalized spacial score (nSPS) is 18.0. The van der Waals surface area contributed by atoms with Crippen molar-refractivity contribution in [1.82, 2.24) is 14.8 Å². The molecule has 0 aliphatic carbocycles. The van der Waals surface area contributed by atoms with E-state index in [1.165, 1.54) is 0 Å². The van der Waals surface area contributed by atoms with Crippen molar-refractivity contribution in [2.24, 2.45) is 7.05 Å². The molecule has 7 heteroatoms. The van der Waals surface area contributed by atoms with Gasteiger partial charge in [-0.2, -0.15) is 5.10 Å². The van der Waals surface area contributed by atoms with E-state index in [0.717, 1.165) is 39.7 Å². The van der Waals surface area contributed by atoms with E-state index in [9.17, 15) is 4.79 Å². The summed E-state index contributed by atoms with van der Waals surface area (Å²) < 4.78 is 13.1. The molecule has 0 radical (unpaired) electrons. The predicted octanol–water partition coefficient (Wildman–Crippen LogP) is 2.73. The Kier molecular flexibility index (Phi) is 3.60. The summed E-state index contributed by atoms with van der Waals surface area (Å²) >= 11 is 0. The van der Waals surface area contributed by atoms with E-state index in [1.807, 2.05) is 37.4 Å². The fourth-order valence-electron chi connectivity index (χ4n) is 3.77. The lowest BCUT2D eigenvalue weighted by Crippen LogP contribution is -2.25. The maximum atomic E-state index is 12.4. The van der Waals surface area contributed by atoms with Gasteiger partial charge >= 0.3 is 0 Å². The Morgan fingerprint density at radius 1 is 1.19 bits per heavy atom. The molecule has 2 aliphatic heterocycles. The minimum Gasteiger partial charge on any atom is -0.486 e. The smallest absolute Gasteiger partial charge is 0.226 e. The van der Waals surface area contributed by atoms with Gasteiger partial charge in [0.25, 0.3) is 0 Å². The van der Waals surface area contributed by atoms with Gasteiger partial charge in [-0.25, -0.2) is 0 Å². The van der Waals surface area contributed by atoms with Gasteiger partial charge < -0.3 is 14.8 Å². The maximum absolute atomic E-state index is 12.4. The number of amides is 1. The Morgan fingerprint density at radius 2 is 2.04 bits per heavy atom. The van der Waals surface area contributed by atoms with Gasteiger partial charge in [0, 0.05) is 42.9 Å². The van der Waals surface area contributed by atoms with Crippen molar-refractivity contribution in [3.8, 4) is 22.8 Å². The molecule has 27 heavy (non-hydrogen) atoms. The molecule has 0 bridgehead atoms. The van der Waals surface area contributed by atoms with Crippen molar-refractivity contribution < 1.29 is 14.3 Å². The summed E-state index contributed by atoms with van der Waals surface area (Å²) in [6.45, 7) is 1.08. The second-order valence-electron chi connectivity index (χ2n) is 6.68. The first-order chi connectivity index (χ1) is 13.2. The van der Waals surface area contributed by atoms with Crippen molar-refractivity contribution in [3.05, 3.63) is 53.9 Å². The summed E-state index contributed by atoms with van der Waals surface area (Å²) in [7, 11) is 1.84. The molecule has 2 aromatic heterocycles. The van der Waals surface area contributed by atoms with Crippen LogP contribution in [0.25, 0.3) is 11.3 Å². The third-order valence-corrected chi connectivity index (χ3v) is 4.98. The van der Waals surface area contributed by atoms with E-state index in [1.54, 1.807) is 17.1 Å². The highest BCUT2D eigenvalue weighted by molar-refractivity contribution is 5.96. The van der Waals surface area contributed by atoms with Crippen LogP contribution in [0.4, 0.5) is 5.82 Å². The van der Waals surface area contributed by atoms with Crippen LogP contribution < -0.4 is 14.8 Å². The van der Waals surface area contributed by atoms with Crippen molar-refractivity contribution in [2.45, 2.75) is 12.3 Å². The number of carbonyl (C=O) groups is 1. The Labute approximate surface area is 155 Å². The number of benzene rings is 1. The molecule has 0 spiro atoms. The van der Waals surface area contributed by atoms with Crippen LogP contribution in [0.5, 0.6) is 11.5 Å². The van der Waals surface area contributed by atoms with Crippen LogP contribution in [0.1, 0.15) is 23.5 Å². The van der Waals surface area contributed by atoms with Crippen molar-refractivity contribution in [1.29, 1.82) is 0 Å². The fourth-order valence-corrected chi connectivity index (χ4v) is 3.77. The lowest BCUT2D eigenvalue weighted by atomic mass is 9.84. The van der Waals surface area contributed by atoms with Gasteiger partial charge in [-0.15, -0.1) is 0 Å². The molecular weight excluding hydrogens is 344 g/mol. The van der Waals surface area contributed by atoms with Gasteiger partial charge in [-0.05, 0) is 29.8 Å². The van der Waals surface area contributed by atoms with Crippen LogP contribution in [0.3, 0.4) is 0 Å². The average molecular weight is 362 g/mol. The van der Waals surface area contributed by atoms with Gasteiger partial charge in [-0.3, -0.25) is 14.5 Å². The first-order valence-corrected chi connectivity index (χ1v) is 8.87. The second-order valence-corrected chi connectivity index (χ2v) is 6.68. The van der Waals surface area contributed by atoms with Gasteiger partial charge in [-0.1, -0.05) is 6.07 Å². The summed E-state index contributed by atoms with van der Waals surface area (Å²) in [4.78, 5) is 16.6. The summed E-state index contributed by atoms with van der Waals surface area (Å²) in [5, 5.41) is 7.63. The third kappa shape index (κ3) is 2.63. The molecular formula is C20H18N4O3. The van der Waals surface area contributed by atoms with E-state index in [2.05, 4.69) is 15.4 Å². The van der Waals surface area contributed by atoms with E-state index >= 15 is 0 Å². The largest absolute Gasteiger partial charge is 0.486 e. The molecule has 4 heterocycles. The number of hydrogen-bond acceptors (Lipinski definition) is 5. The molecule has 2 aliphatic rings. The SMILES string of the molecule is Cn1nc(-c2cccnc2)c2c1NC(=O)CC2c1ccc2c(c1)OCCO2. The van der Waals surface area contributed by atoms with Crippen LogP contribution in [-0.2, 0) is 11.8 Å². The lowest BCUT2D eigenvalue weighted by Gasteiger charge is -2.26. The number of nitrogens with one attached hydrogen (secondary N) is 1. The van der Waals surface area contributed by atoms with E-state index < -0.39 is 0 Å². The molecule has 0 saturated carbocycles. The average Bonchev–Trinajstić information content (AvgIpc) is 3.04. The molecule has 1 unspecified atom stereocenters. The third-order valence-electron chi connectivity index (χ3n) is 4.98. The topological polar surface area (TPSA) is 78.3 Å². The van der Waals surface area contributed by atoms with E-state index in [-0.39, 0.29) is 11.8 Å². The number of carbonyl (C=O) groups excluding carboxylic acids is 1. The van der Waals surface area contributed by atoms with Gasteiger partial charge in [0.1, 0.15) is 19.0 Å². The van der Waals surface area contributed by atoms with Gasteiger partial charge in [0.15, 0.2) is 11.5 Å². The molecule has 1 atom stereocenters. The standard InChI is InChI=1S/C20H18N4O3/c1-24-20-18(19(23-24)13-3-2-6-21-11-13)14(10-17(25)22-20)12-4-5-15-16(9-12)27-8-7-26-15/h2-6,9,11,14H,7-8,10H2,1H3,(H,22,25). The first-order valence-electron chi connectivity index (χ1n) is 8.87. The summed E-state index contributed by atoms with van der Waals surface area (Å²) in [5.74, 6) is 2.05. The number of aromatic nitrogens is 3. The molecule has 1 aromatic carbocycles. The Bertz CT molecular complexity index is 1030. The highest BCUT2D eigenvalue weighted by Crippen LogP contribution is 2.44. The van der Waals surface area contributed by atoms with Gasteiger partial charge in [0.2, 0.25) is 5.91 Å². The minimum atomic E-state index is -0.117. The van der Waals surface area contributed by atoms with Crippen LogP contribution in [0.2, 0.25) is 0 Å². The number of aryl methyl sites for hydroxylation is 1. The highest BCUT2D eigenvalue weighted by atomic mass is 16.6. The highest BCUT2D eigenvalue weighted by Gasteiger charge is 2.34. The minimum absolute atomic E-state index is 0.0249. The van der Waals surface area contributed by atoms with Crippen molar-refractivity contribution >= 4 is 11.7 Å². The summed E-state index contributed by atoms with van der Waals surface area (Å²) in [5.41, 5.74) is 3.77. The first kappa shape index (κ1) is 15.9. The quantitative estimate of drug-likeness (QED) is 0.758. The maximum Gasteiger partial charge on any atom is 0.226 e. The van der Waals surface area contributed by atoms with E-state index in [4.69, 9.17) is 9.47 Å². The Balaban J connectivity index is 1.67. The van der Waals surface area contributed by atoms with Crippen LogP contribution >= 0.6 is 0 Å². The lowest BCUT2D eigenvalue weighted by molar-refractivity contribution is -0.116. The zero-order chi connectivity index (χ0) is 18.4. The molecule has 1 amide bonds. The monoisotopic (exact) mass is 362 g/mol. The number of nitrogens with zero attached hydrogens (tertiary/aromatic N) is 3. The number of hydrogen-bond donors (Lipinski definition) is 1. The Hall–Kier alpha value is -3.35. The zero-order valence-corrected chi connectivity index (χ0v) is 14.8. The molecule has 136 valence electrons. The van der Waals surface area contributed by atoms with E-state index in [0.29, 0.717) is 19.6 Å². The number of ether oxygens (including phenoxy) is 2. The predicted molar refractivity (Wildman–Crippen MR) is 99.0 cm³/mol. The summed E-state index contributed by atoms with van der Waals surface area (Å²) in [6, 6.07) is 9.75. The number of rotatable bonds is 2. The second kappa shape index (κ2) is 6.12. The Morgan fingerprint density at radius 3 is 2.85 bits per heavy atom. The number of pyridine rings is 1.